The van der Waals surface area contributed by atoms with Crippen LogP contribution in [-0.2, 0) is 16.6 Å². The van der Waals surface area contributed by atoms with Crippen molar-refractivity contribution in [3.8, 4) is 0 Å². The van der Waals surface area contributed by atoms with Crippen molar-refractivity contribution in [2.24, 2.45) is 7.05 Å². The van der Waals surface area contributed by atoms with E-state index in [4.69, 9.17) is 4.74 Å². The molecule has 1 heterocycles. The van der Waals surface area contributed by atoms with Crippen molar-refractivity contribution >= 4 is 22.6 Å². The first-order valence-corrected chi connectivity index (χ1v) is 8.33. The van der Waals surface area contributed by atoms with Crippen LogP contribution in [0, 0.1) is 0 Å². The number of nitrogens with zero attached hydrogens (tertiary/aromatic N) is 3. The highest BCUT2D eigenvalue weighted by Crippen LogP contribution is 2.22. The number of amides is 1. The van der Waals surface area contributed by atoms with Gasteiger partial charge in [0.2, 0.25) is 6.10 Å². The highest BCUT2D eigenvalue weighted by atomic mass is 16.5. The predicted octanol–water partition coefficient (Wildman–Crippen LogP) is 1.92. The molecule has 0 aliphatic heterocycles. The number of rotatable bonds is 4. The highest BCUT2D eigenvalue weighted by Gasteiger charge is 2.28. The number of carbonyl (C=O) groups excluding carboxylic acids is 2. The van der Waals surface area contributed by atoms with Crippen molar-refractivity contribution in [2.75, 3.05) is 14.1 Å². The molecule has 0 radical (unpaired) electrons. The largest absolute Gasteiger partial charge is 0.442 e. The Balaban J connectivity index is 2.05. The lowest BCUT2D eigenvalue weighted by molar-refractivity contribution is -0.138. The number of aryl methyl sites for hydroxylation is 1. The van der Waals surface area contributed by atoms with E-state index >= 15 is 0 Å². The third kappa shape index (κ3) is 3.57. The normalized spacial score (nSPS) is 11.8. The maximum Gasteiger partial charge on any atom is 0.360 e. The number of likely N-dealkylation sites (N-methyl/N-ethyl adjacent to an activating group) is 1. The summed E-state index contributed by atoms with van der Waals surface area (Å²) in [5.41, 5.74) is 0.227. The number of fused-ring (bicyclic) bond motifs is 1. The van der Waals surface area contributed by atoms with Gasteiger partial charge in [0.25, 0.3) is 11.5 Å². The summed E-state index contributed by atoms with van der Waals surface area (Å²) >= 11 is 0. The molecule has 3 rings (SSSR count). The molecule has 0 N–H and O–H groups in total. The Hall–Kier alpha value is -3.48. The van der Waals surface area contributed by atoms with Crippen LogP contribution >= 0.6 is 0 Å². The van der Waals surface area contributed by atoms with Crippen molar-refractivity contribution in [1.29, 1.82) is 0 Å². The molecule has 1 amide bonds. The van der Waals surface area contributed by atoms with E-state index in [9.17, 15) is 14.4 Å². The van der Waals surface area contributed by atoms with Crippen LogP contribution in [0.1, 0.15) is 22.2 Å². The van der Waals surface area contributed by atoms with E-state index in [1.54, 1.807) is 62.6 Å². The van der Waals surface area contributed by atoms with Gasteiger partial charge in [-0.05, 0) is 6.07 Å². The molecule has 1 aromatic heterocycles. The van der Waals surface area contributed by atoms with Crippen molar-refractivity contribution in [1.82, 2.24) is 14.7 Å². The molecular formula is C20H19N3O4. The molecule has 0 spiro atoms. The molecule has 0 saturated carbocycles. The van der Waals surface area contributed by atoms with Crippen LogP contribution in [-0.4, -0.2) is 40.7 Å². The van der Waals surface area contributed by atoms with Crippen molar-refractivity contribution < 1.29 is 14.3 Å². The smallest absolute Gasteiger partial charge is 0.360 e. The Morgan fingerprint density at radius 1 is 1.00 bits per heavy atom. The first-order chi connectivity index (χ1) is 12.9. The molecular weight excluding hydrogens is 346 g/mol. The van der Waals surface area contributed by atoms with Crippen LogP contribution in [0.15, 0.2) is 59.4 Å². The summed E-state index contributed by atoms with van der Waals surface area (Å²) < 4.78 is 6.63. The number of ether oxygens (including phenoxy) is 1. The summed E-state index contributed by atoms with van der Waals surface area (Å²) in [6.07, 6.45) is -1.11. The van der Waals surface area contributed by atoms with E-state index in [1.807, 2.05) is 6.07 Å². The van der Waals surface area contributed by atoms with E-state index in [0.717, 1.165) is 4.68 Å². The van der Waals surface area contributed by atoms with Crippen molar-refractivity contribution in [3.63, 3.8) is 0 Å². The molecule has 7 nitrogen and oxygen atoms in total. The summed E-state index contributed by atoms with van der Waals surface area (Å²) in [5, 5.41) is 4.80. The maximum atomic E-state index is 12.9. The summed E-state index contributed by atoms with van der Waals surface area (Å²) in [4.78, 5) is 39.0. The van der Waals surface area contributed by atoms with E-state index in [0.29, 0.717) is 16.3 Å². The second kappa shape index (κ2) is 7.41. The Bertz CT molecular complexity index is 1060. The molecule has 3 aromatic rings. The van der Waals surface area contributed by atoms with Crippen LogP contribution in [0.4, 0.5) is 0 Å². The molecule has 27 heavy (non-hydrogen) atoms. The fourth-order valence-electron chi connectivity index (χ4n) is 2.74. The van der Waals surface area contributed by atoms with Gasteiger partial charge < -0.3 is 9.64 Å². The second-order valence-corrected chi connectivity index (χ2v) is 6.25. The molecule has 7 heteroatoms. The van der Waals surface area contributed by atoms with E-state index in [-0.39, 0.29) is 17.2 Å². The van der Waals surface area contributed by atoms with Crippen LogP contribution in [0.25, 0.3) is 10.8 Å². The fourth-order valence-corrected chi connectivity index (χ4v) is 2.74. The average molecular weight is 365 g/mol. The number of carbonyl (C=O) groups is 2. The van der Waals surface area contributed by atoms with Crippen molar-refractivity contribution in [3.05, 3.63) is 76.2 Å². The van der Waals surface area contributed by atoms with E-state index < -0.39 is 12.1 Å². The third-order valence-corrected chi connectivity index (χ3v) is 4.14. The predicted molar refractivity (Wildman–Crippen MR) is 100 cm³/mol. The summed E-state index contributed by atoms with van der Waals surface area (Å²) in [6, 6.07) is 15.4. The zero-order valence-corrected chi connectivity index (χ0v) is 15.2. The SMILES string of the molecule is CN(C)C(=O)C(OC(=O)c1nn(C)c(=O)c2ccccc12)c1ccccc1. The molecule has 138 valence electrons. The third-order valence-electron chi connectivity index (χ3n) is 4.14. The van der Waals surface area contributed by atoms with Gasteiger partial charge >= 0.3 is 5.97 Å². The molecule has 0 aliphatic carbocycles. The quantitative estimate of drug-likeness (QED) is 0.660. The molecule has 0 aliphatic rings. The van der Waals surface area contributed by atoms with Gasteiger partial charge in [-0.2, -0.15) is 5.10 Å². The molecule has 0 bridgehead atoms. The zero-order chi connectivity index (χ0) is 19.6. The topological polar surface area (TPSA) is 81.5 Å². The Morgan fingerprint density at radius 3 is 2.22 bits per heavy atom. The standard InChI is InChI=1S/C20H19N3O4/c1-22(2)19(25)17(13-9-5-4-6-10-13)27-20(26)16-14-11-7-8-12-15(14)18(24)23(3)21-16/h4-12,17H,1-3H3. The van der Waals surface area contributed by atoms with Gasteiger partial charge in [0.15, 0.2) is 5.69 Å². The van der Waals surface area contributed by atoms with Gasteiger partial charge in [0.1, 0.15) is 0 Å². The second-order valence-electron chi connectivity index (χ2n) is 6.25. The van der Waals surface area contributed by atoms with Gasteiger partial charge in [-0.3, -0.25) is 9.59 Å². The Morgan fingerprint density at radius 2 is 1.59 bits per heavy atom. The minimum absolute atomic E-state index is 0.0137. The zero-order valence-electron chi connectivity index (χ0n) is 15.2. The fraction of sp³-hybridized carbons (Fsp3) is 0.200. The number of hydrogen-bond acceptors (Lipinski definition) is 5. The molecule has 1 atom stereocenters. The molecule has 0 fully saturated rings. The van der Waals surface area contributed by atoms with Gasteiger partial charge in [0.05, 0.1) is 5.39 Å². The van der Waals surface area contributed by atoms with Gasteiger partial charge in [0, 0.05) is 32.1 Å². The lowest BCUT2D eigenvalue weighted by Crippen LogP contribution is -2.32. The number of esters is 1. The van der Waals surface area contributed by atoms with Crippen LogP contribution in [0.5, 0.6) is 0 Å². The average Bonchev–Trinajstić information content (AvgIpc) is 2.68. The summed E-state index contributed by atoms with van der Waals surface area (Å²) in [6.45, 7) is 0. The molecule has 1 unspecified atom stereocenters. The van der Waals surface area contributed by atoms with E-state index in [2.05, 4.69) is 5.10 Å². The number of aromatic nitrogens is 2. The highest BCUT2D eigenvalue weighted by molar-refractivity contribution is 6.03. The summed E-state index contributed by atoms with van der Waals surface area (Å²) in [5.74, 6) is -1.14. The summed E-state index contributed by atoms with van der Waals surface area (Å²) in [7, 11) is 4.64. The minimum Gasteiger partial charge on any atom is -0.442 e. The lowest BCUT2D eigenvalue weighted by atomic mass is 10.1. The molecule has 0 saturated heterocycles. The monoisotopic (exact) mass is 365 g/mol. The minimum atomic E-state index is -1.11. The number of benzene rings is 2. The van der Waals surface area contributed by atoms with Gasteiger partial charge in [-0.1, -0.05) is 48.5 Å². The Labute approximate surface area is 155 Å². The van der Waals surface area contributed by atoms with Gasteiger partial charge in [-0.15, -0.1) is 0 Å². The van der Waals surface area contributed by atoms with Crippen LogP contribution < -0.4 is 5.56 Å². The van der Waals surface area contributed by atoms with Crippen LogP contribution in [0.3, 0.4) is 0 Å². The van der Waals surface area contributed by atoms with Crippen LogP contribution in [0.2, 0.25) is 0 Å². The van der Waals surface area contributed by atoms with Crippen molar-refractivity contribution in [2.45, 2.75) is 6.10 Å². The number of hydrogen-bond donors (Lipinski definition) is 0. The van der Waals surface area contributed by atoms with E-state index in [1.165, 1.54) is 11.9 Å². The first-order valence-electron chi connectivity index (χ1n) is 8.33. The maximum absolute atomic E-state index is 12.9. The van der Waals surface area contributed by atoms with Gasteiger partial charge in [-0.25, -0.2) is 9.48 Å². The Kier molecular flexibility index (Phi) is 5.03. The lowest BCUT2D eigenvalue weighted by Gasteiger charge is -2.21. The molecule has 2 aromatic carbocycles. The first kappa shape index (κ1) is 18.3.